The Morgan fingerprint density at radius 2 is 2.15 bits per heavy atom. The third-order valence-electron chi connectivity index (χ3n) is 2.45. The van der Waals surface area contributed by atoms with Crippen molar-refractivity contribution in [1.82, 2.24) is 25.3 Å². The number of aromatic nitrogens is 5. The van der Waals surface area contributed by atoms with Gasteiger partial charge in [-0.15, -0.1) is 14.8 Å². The summed E-state index contributed by atoms with van der Waals surface area (Å²) in [4.78, 5) is 11.0. The Morgan fingerprint density at radius 3 is 2.95 bits per heavy atom. The molecular weight excluding hydrogens is 269 g/mol. The van der Waals surface area contributed by atoms with Gasteiger partial charge in [0, 0.05) is 6.07 Å². The van der Waals surface area contributed by atoms with Gasteiger partial charge >= 0.3 is 5.97 Å². The van der Waals surface area contributed by atoms with Crippen LogP contribution >= 0.6 is 0 Å². The first-order valence-corrected chi connectivity index (χ1v) is 5.40. The molecule has 0 aliphatic rings. The summed E-state index contributed by atoms with van der Waals surface area (Å²) in [5.41, 5.74) is -0.166. The van der Waals surface area contributed by atoms with E-state index in [1.807, 2.05) is 0 Å². The van der Waals surface area contributed by atoms with Crippen LogP contribution in [0.1, 0.15) is 10.4 Å². The summed E-state index contributed by atoms with van der Waals surface area (Å²) >= 11 is 0. The lowest BCUT2D eigenvalue weighted by molar-refractivity contribution is 0.0689. The number of carboxylic acid groups (broad SMARTS) is 1. The number of fused-ring (bicyclic) bond motifs is 1. The fraction of sp³-hybridized carbons (Fsp3) is 0. The molecule has 1 N–H and O–H groups in total. The Bertz CT molecular complexity index is 804. The van der Waals surface area contributed by atoms with Crippen LogP contribution in [0.15, 0.2) is 30.3 Å². The highest BCUT2D eigenvalue weighted by atomic mass is 19.1. The largest absolute Gasteiger partial charge is 0.477 e. The monoisotopic (exact) mass is 275 g/mol. The molecule has 0 unspecified atom stereocenters. The van der Waals surface area contributed by atoms with Crippen LogP contribution in [0.25, 0.3) is 5.65 Å². The minimum Gasteiger partial charge on any atom is -0.477 e. The molecule has 0 saturated carbocycles. The molecule has 0 atom stereocenters. The molecule has 2 aromatic heterocycles. The predicted octanol–water partition coefficient (Wildman–Crippen LogP) is 1.15. The zero-order valence-corrected chi connectivity index (χ0v) is 9.76. The van der Waals surface area contributed by atoms with Crippen LogP contribution in [-0.2, 0) is 0 Å². The normalized spacial score (nSPS) is 10.7. The third kappa shape index (κ3) is 2.00. The minimum atomic E-state index is -1.43. The summed E-state index contributed by atoms with van der Waals surface area (Å²) in [5.74, 6) is -2.43. The number of hydrogen-bond donors (Lipinski definition) is 1. The van der Waals surface area contributed by atoms with Crippen molar-refractivity contribution >= 4 is 11.6 Å². The van der Waals surface area contributed by atoms with Gasteiger partial charge < -0.3 is 9.84 Å². The number of rotatable bonds is 3. The van der Waals surface area contributed by atoms with Gasteiger partial charge in [0.1, 0.15) is 17.1 Å². The van der Waals surface area contributed by atoms with E-state index >= 15 is 0 Å². The van der Waals surface area contributed by atoms with Crippen LogP contribution in [0.5, 0.6) is 11.6 Å². The number of hydrogen-bond acceptors (Lipinski definition) is 6. The molecule has 0 amide bonds. The topological polar surface area (TPSA) is 102 Å². The molecule has 0 aliphatic heterocycles. The van der Waals surface area contributed by atoms with Gasteiger partial charge in [0.2, 0.25) is 5.88 Å². The number of tetrazole rings is 1. The van der Waals surface area contributed by atoms with Gasteiger partial charge in [-0.05, 0) is 28.6 Å². The molecule has 0 saturated heterocycles. The molecule has 0 aliphatic carbocycles. The smallest absolute Gasteiger partial charge is 0.342 e. The first-order chi connectivity index (χ1) is 9.65. The van der Waals surface area contributed by atoms with Crippen molar-refractivity contribution in [2.75, 3.05) is 0 Å². The number of halogens is 1. The van der Waals surface area contributed by atoms with E-state index in [-0.39, 0.29) is 11.6 Å². The third-order valence-corrected chi connectivity index (χ3v) is 2.45. The number of carboxylic acids is 1. The van der Waals surface area contributed by atoms with E-state index in [4.69, 9.17) is 9.84 Å². The van der Waals surface area contributed by atoms with Crippen molar-refractivity contribution in [2.24, 2.45) is 0 Å². The molecule has 3 aromatic rings. The second kappa shape index (κ2) is 4.53. The van der Waals surface area contributed by atoms with Crippen LogP contribution in [0.2, 0.25) is 0 Å². The van der Waals surface area contributed by atoms with Gasteiger partial charge in [-0.2, -0.15) is 0 Å². The fourth-order valence-electron chi connectivity index (χ4n) is 1.60. The molecule has 100 valence electrons. The van der Waals surface area contributed by atoms with E-state index in [2.05, 4.69) is 20.6 Å². The highest BCUT2D eigenvalue weighted by Gasteiger charge is 2.18. The van der Waals surface area contributed by atoms with Crippen molar-refractivity contribution in [3.8, 4) is 11.6 Å². The molecule has 3 rings (SSSR count). The summed E-state index contributed by atoms with van der Waals surface area (Å²) in [6.07, 6.45) is 0. The SMILES string of the molecule is O=C(O)c1c(F)cccc1Oc1ccc2nnnn2n1. The molecule has 0 spiro atoms. The molecule has 8 nitrogen and oxygen atoms in total. The van der Waals surface area contributed by atoms with E-state index in [0.29, 0.717) is 5.65 Å². The molecule has 0 fully saturated rings. The van der Waals surface area contributed by atoms with Crippen LogP contribution in [0, 0.1) is 5.82 Å². The van der Waals surface area contributed by atoms with Crippen molar-refractivity contribution in [2.45, 2.75) is 0 Å². The van der Waals surface area contributed by atoms with Gasteiger partial charge in [0.05, 0.1) is 0 Å². The zero-order valence-electron chi connectivity index (χ0n) is 9.76. The van der Waals surface area contributed by atoms with Gasteiger partial charge in [0.25, 0.3) is 0 Å². The molecule has 0 bridgehead atoms. The standard InChI is InChI=1S/C11H6FN5O3/c12-6-2-1-3-7(10(6)11(18)19)20-9-5-4-8-13-15-16-17(8)14-9/h1-5H,(H,18,19). The van der Waals surface area contributed by atoms with Crippen molar-refractivity contribution in [3.05, 3.63) is 41.7 Å². The van der Waals surface area contributed by atoms with Gasteiger partial charge in [-0.25, -0.2) is 9.18 Å². The molecule has 1 aromatic carbocycles. The molecule has 0 radical (unpaired) electrons. The van der Waals surface area contributed by atoms with E-state index in [9.17, 15) is 9.18 Å². The summed E-state index contributed by atoms with van der Waals surface area (Å²) in [5, 5.41) is 23.5. The number of aromatic carboxylic acids is 1. The van der Waals surface area contributed by atoms with Gasteiger partial charge in [0.15, 0.2) is 5.65 Å². The summed E-state index contributed by atoms with van der Waals surface area (Å²) in [6, 6.07) is 6.68. The quantitative estimate of drug-likeness (QED) is 0.764. The maximum absolute atomic E-state index is 13.5. The predicted molar refractivity (Wildman–Crippen MR) is 62.0 cm³/mol. The molecule has 9 heteroatoms. The highest BCUT2D eigenvalue weighted by molar-refractivity contribution is 5.91. The van der Waals surface area contributed by atoms with Crippen molar-refractivity contribution in [3.63, 3.8) is 0 Å². The Balaban J connectivity index is 2.02. The first kappa shape index (κ1) is 12.0. The summed E-state index contributed by atoms with van der Waals surface area (Å²) in [7, 11) is 0. The molecule has 2 heterocycles. The lowest BCUT2D eigenvalue weighted by atomic mass is 10.2. The lowest BCUT2D eigenvalue weighted by Crippen LogP contribution is -2.05. The second-order valence-corrected chi connectivity index (χ2v) is 3.72. The van der Waals surface area contributed by atoms with Crippen LogP contribution in [-0.4, -0.2) is 36.3 Å². The van der Waals surface area contributed by atoms with Crippen molar-refractivity contribution < 1.29 is 19.0 Å². The number of carbonyl (C=O) groups is 1. The second-order valence-electron chi connectivity index (χ2n) is 3.72. The number of benzene rings is 1. The van der Waals surface area contributed by atoms with Crippen molar-refractivity contribution in [1.29, 1.82) is 0 Å². The first-order valence-electron chi connectivity index (χ1n) is 5.40. The van der Waals surface area contributed by atoms with Crippen LogP contribution in [0.3, 0.4) is 0 Å². The summed E-state index contributed by atoms with van der Waals surface area (Å²) in [6.45, 7) is 0. The Labute approximate surface area is 110 Å². The minimum absolute atomic E-state index is 0.0397. The highest BCUT2D eigenvalue weighted by Crippen LogP contribution is 2.26. The Kier molecular flexibility index (Phi) is 2.71. The van der Waals surface area contributed by atoms with Crippen LogP contribution < -0.4 is 4.74 Å². The lowest BCUT2D eigenvalue weighted by Gasteiger charge is -2.07. The van der Waals surface area contributed by atoms with Gasteiger partial charge in [-0.1, -0.05) is 6.07 Å². The fourth-order valence-corrected chi connectivity index (χ4v) is 1.60. The number of nitrogens with zero attached hydrogens (tertiary/aromatic N) is 5. The summed E-state index contributed by atoms with van der Waals surface area (Å²) < 4.78 is 19.9. The maximum atomic E-state index is 13.5. The average molecular weight is 275 g/mol. The van der Waals surface area contributed by atoms with Crippen LogP contribution in [0.4, 0.5) is 4.39 Å². The van der Waals surface area contributed by atoms with E-state index in [1.54, 1.807) is 0 Å². The zero-order chi connectivity index (χ0) is 14.1. The average Bonchev–Trinajstić information content (AvgIpc) is 2.85. The molecule has 20 heavy (non-hydrogen) atoms. The van der Waals surface area contributed by atoms with E-state index < -0.39 is 17.3 Å². The number of ether oxygens (including phenoxy) is 1. The Hall–Kier alpha value is -3.10. The van der Waals surface area contributed by atoms with Gasteiger partial charge in [-0.3, -0.25) is 0 Å². The van der Waals surface area contributed by atoms with E-state index in [1.165, 1.54) is 24.3 Å². The van der Waals surface area contributed by atoms with E-state index in [0.717, 1.165) is 10.7 Å². The molecular formula is C11H6FN5O3. The maximum Gasteiger partial charge on any atom is 0.342 e. The Morgan fingerprint density at radius 1 is 1.30 bits per heavy atom.